The lowest BCUT2D eigenvalue weighted by molar-refractivity contribution is -0.131. The summed E-state index contributed by atoms with van der Waals surface area (Å²) in [7, 11) is 1.26. The Bertz CT molecular complexity index is 955. The highest BCUT2D eigenvalue weighted by Gasteiger charge is 2.51. The quantitative estimate of drug-likeness (QED) is 0.721. The number of halogens is 2. The fourth-order valence-corrected chi connectivity index (χ4v) is 4.23. The van der Waals surface area contributed by atoms with E-state index in [-0.39, 0.29) is 11.7 Å². The number of hydrogen-bond acceptors (Lipinski definition) is 5. The average Bonchev–Trinajstić information content (AvgIpc) is 2.93. The molecular formula is C21H24F2N2O4S. The molecule has 1 fully saturated rings. The zero-order chi connectivity index (χ0) is 22.2. The van der Waals surface area contributed by atoms with Crippen molar-refractivity contribution in [3.63, 3.8) is 0 Å². The SMILES string of the molecule is COc1c(C2[C@@H](C(=O)Nc3ccnc([S@+](C)[O-])c3)OC(C)(C)[C@@H]2C)ccc(F)c1F. The summed E-state index contributed by atoms with van der Waals surface area (Å²) in [5.74, 6) is -3.61. The first-order valence-electron chi connectivity index (χ1n) is 9.37. The third-order valence-corrected chi connectivity index (χ3v) is 6.40. The van der Waals surface area contributed by atoms with Gasteiger partial charge in [0, 0.05) is 40.6 Å². The predicted molar refractivity (Wildman–Crippen MR) is 109 cm³/mol. The predicted octanol–water partition coefficient (Wildman–Crippen LogP) is 3.64. The van der Waals surface area contributed by atoms with Crippen LogP contribution < -0.4 is 10.1 Å². The van der Waals surface area contributed by atoms with Gasteiger partial charge in [0.05, 0.1) is 12.7 Å². The summed E-state index contributed by atoms with van der Waals surface area (Å²) in [5, 5.41) is 3.08. The maximum absolute atomic E-state index is 14.4. The van der Waals surface area contributed by atoms with Gasteiger partial charge in [-0.1, -0.05) is 13.0 Å². The van der Waals surface area contributed by atoms with Gasteiger partial charge in [0.15, 0.2) is 11.6 Å². The molecule has 1 aliphatic heterocycles. The number of anilines is 1. The van der Waals surface area contributed by atoms with E-state index >= 15 is 0 Å². The van der Waals surface area contributed by atoms with E-state index in [0.717, 1.165) is 6.07 Å². The molecule has 6 nitrogen and oxygen atoms in total. The minimum Gasteiger partial charge on any atom is -0.610 e. The summed E-state index contributed by atoms with van der Waals surface area (Å²) < 4.78 is 50.9. The van der Waals surface area contributed by atoms with Crippen LogP contribution >= 0.6 is 0 Å². The Morgan fingerprint density at radius 3 is 2.67 bits per heavy atom. The van der Waals surface area contributed by atoms with E-state index < -0.39 is 46.3 Å². The van der Waals surface area contributed by atoms with E-state index in [1.165, 1.54) is 31.7 Å². The molecule has 0 radical (unpaired) electrons. The van der Waals surface area contributed by atoms with Crippen LogP contribution in [0, 0.1) is 17.6 Å². The number of amides is 1. The highest BCUT2D eigenvalue weighted by Crippen LogP contribution is 2.49. The largest absolute Gasteiger partial charge is 0.610 e. The van der Waals surface area contributed by atoms with Gasteiger partial charge in [0.25, 0.3) is 5.91 Å². The number of pyridine rings is 1. The minimum absolute atomic E-state index is 0.205. The van der Waals surface area contributed by atoms with Crippen molar-refractivity contribution in [1.29, 1.82) is 0 Å². The lowest BCUT2D eigenvalue weighted by atomic mass is 9.78. The standard InChI is InChI=1S/C21H24F2N2O4S/c1-11-16(13-6-7-14(22)17(23)18(13)28-4)19(29-21(11,2)3)20(26)25-12-8-9-24-15(10-12)30(5)27/h6-11,16,19H,1-5H3,(H,24,25,26)/t11-,16?,19+,30+/m1/s1. The average molecular weight is 438 g/mol. The van der Waals surface area contributed by atoms with Crippen molar-refractivity contribution < 1.29 is 27.6 Å². The number of hydrogen-bond donors (Lipinski definition) is 1. The lowest BCUT2D eigenvalue weighted by Crippen LogP contribution is -2.33. The molecule has 9 heteroatoms. The Morgan fingerprint density at radius 2 is 2.03 bits per heavy atom. The van der Waals surface area contributed by atoms with E-state index in [9.17, 15) is 18.1 Å². The van der Waals surface area contributed by atoms with Crippen LogP contribution in [-0.2, 0) is 20.7 Å². The van der Waals surface area contributed by atoms with Crippen molar-refractivity contribution in [3.8, 4) is 5.75 Å². The van der Waals surface area contributed by atoms with Crippen LogP contribution in [0.5, 0.6) is 5.75 Å². The second-order valence-electron chi connectivity index (χ2n) is 7.77. The molecule has 1 N–H and O–H groups in total. The monoisotopic (exact) mass is 438 g/mol. The molecule has 0 aliphatic carbocycles. The van der Waals surface area contributed by atoms with Crippen LogP contribution in [0.25, 0.3) is 0 Å². The van der Waals surface area contributed by atoms with Gasteiger partial charge >= 0.3 is 0 Å². The van der Waals surface area contributed by atoms with Crippen LogP contribution in [-0.4, -0.2) is 40.5 Å². The van der Waals surface area contributed by atoms with Crippen LogP contribution in [0.4, 0.5) is 14.5 Å². The molecule has 2 heterocycles. The number of nitrogens with one attached hydrogen (secondary N) is 1. The minimum atomic E-state index is -1.31. The van der Waals surface area contributed by atoms with E-state index in [1.807, 2.05) is 20.8 Å². The topological polar surface area (TPSA) is 83.5 Å². The van der Waals surface area contributed by atoms with E-state index in [2.05, 4.69) is 10.3 Å². The highest BCUT2D eigenvalue weighted by atomic mass is 32.2. The third-order valence-electron chi connectivity index (χ3n) is 5.59. The van der Waals surface area contributed by atoms with Crippen molar-refractivity contribution >= 4 is 22.8 Å². The number of carbonyl (C=O) groups is 1. The van der Waals surface area contributed by atoms with Gasteiger partial charge in [-0.2, -0.15) is 4.39 Å². The number of nitrogens with zero attached hydrogens (tertiary/aromatic N) is 1. The van der Waals surface area contributed by atoms with Gasteiger partial charge < -0.3 is 19.3 Å². The fourth-order valence-electron chi connectivity index (χ4n) is 3.73. The summed E-state index contributed by atoms with van der Waals surface area (Å²) in [6.45, 7) is 5.58. The van der Waals surface area contributed by atoms with Crippen LogP contribution in [0.1, 0.15) is 32.3 Å². The zero-order valence-electron chi connectivity index (χ0n) is 17.4. The highest BCUT2D eigenvalue weighted by molar-refractivity contribution is 7.90. The van der Waals surface area contributed by atoms with Crippen LogP contribution in [0.15, 0.2) is 35.5 Å². The van der Waals surface area contributed by atoms with E-state index in [1.54, 1.807) is 6.07 Å². The van der Waals surface area contributed by atoms with Crippen LogP contribution in [0.2, 0.25) is 0 Å². The summed E-state index contributed by atoms with van der Waals surface area (Å²) >= 11 is -1.31. The molecule has 0 bridgehead atoms. The van der Waals surface area contributed by atoms with E-state index in [4.69, 9.17) is 9.47 Å². The molecule has 0 spiro atoms. The number of aromatic nitrogens is 1. The fraction of sp³-hybridized carbons (Fsp3) is 0.429. The lowest BCUT2D eigenvalue weighted by Gasteiger charge is -2.25. The molecule has 1 aliphatic rings. The molecular weight excluding hydrogens is 414 g/mol. The van der Waals surface area contributed by atoms with Crippen LogP contribution in [0.3, 0.4) is 0 Å². The number of benzene rings is 1. The van der Waals surface area contributed by atoms with Gasteiger partial charge in [-0.15, -0.1) is 0 Å². The van der Waals surface area contributed by atoms with Gasteiger partial charge in [-0.05, 0) is 31.9 Å². The first-order valence-corrected chi connectivity index (χ1v) is 10.9. The molecule has 3 rings (SSSR count). The van der Waals surface area contributed by atoms with Gasteiger partial charge in [-0.3, -0.25) is 4.79 Å². The summed E-state index contributed by atoms with van der Waals surface area (Å²) in [4.78, 5) is 17.1. The number of ether oxygens (including phenoxy) is 2. The number of rotatable bonds is 5. The second kappa shape index (κ2) is 8.49. The van der Waals surface area contributed by atoms with Crippen molar-refractivity contribution in [3.05, 3.63) is 47.7 Å². The molecule has 162 valence electrons. The second-order valence-corrected chi connectivity index (χ2v) is 9.09. The van der Waals surface area contributed by atoms with Gasteiger partial charge in [0.2, 0.25) is 10.8 Å². The first kappa shape index (κ1) is 22.5. The molecule has 1 saturated heterocycles. The summed E-state index contributed by atoms with van der Waals surface area (Å²) in [6.07, 6.45) is 1.96. The number of methoxy groups -OCH3 is 1. The Kier molecular flexibility index (Phi) is 6.35. The molecule has 1 aromatic heterocycles. The van der Waals surface area contributed by atoms with Crippen molar-refractivity contribution in [2.45, 2.75) is 43.4 Å². The molecule has 2 aromatic rings. The normalized spacial score (nSPS) is 23.8. The Hall–Kier alpha value is -2.23. The Labute approximate surface area is 177 Å². The zero-order valence-corrected chi connectivity index (χ0v) is 18.2. The first-order chi connectivity index (χ1) is 14.1. The van der Waals surface area contributed by atoms with Gasteiger partial charge in [0.1, 0.15) is 12.4 Å². The maximum Gasteiger partial charge on any atom is 0.254 e. The van der Waals surface area contributed by atoms with Crippen molar-refractivity contribution in [1.82, 2.24) is 4.98 Å². The smallest absolute Gasteiger partial charge is 0.254 e. The maximum atomic E-state index is 14.4. The van der Waals surface area contributed by atoms with E-state index in [0.29, 0.717) is 16.3 Å². The molecule has 1 aromatic carbocycles. The Balaban J connectivity index is 1.98. The molecule has 30 heavy (non-hydrogen) atoms. The molecule has 1 unspecified atom stereocenters. The number of carbonyl (C=O) groups excluding carboxylic acids is 1. The molecule has 4 atom stereocenters. The summed E-state index contributed by atoms with van der Waals surface area (Å²) in [5.41, 5.74) is 0.0773. The van der Waals surface area contributed by atoms with Crippen molar-refractivity contribution in [2.75, 3.05) is 18.7 Å². The Morgan fingerprint density at radius 1 is 1.33 bits per heavy atom. The third kappa shape index (κ3) is 4.14. The molecule has 1 amide bonds. The van der Waals surface area contributed by atoms with Crippen molar-refractivity contribution in [2.24, 2.45) is 5.92 Å². The van der Waals surface area contributed by atoms with Gasteiger partial charge in [-0.25, -0.2) is 9.37 Å². The summed E-state index contributed by atoms with van der Waals surface area (Å²) in [6, 6.07) is 5.54. The molecule has 0 saturated carbocycles.